The molecule has 2 heterocycles. The van der Waals surface area contributed by atoms with Gasteiger partial charge in [0.2, 0.25) is 6.41 Å². The van der Waals surface area contributed by atoms with Crippen molar-refractivity contribution in [3.05, 3.63) is 52.3 Å². The number of H-pyrrole nitrogens is 1. The van der Waals surface area contributed by atoms with Gasteiger partial charge in [0.15, 0.2) is 5.78 Å². The van der Waals surface area contributed by atoms with E-state index in [1.54, 1.807) is 20.3 Å². The van der Waals surface area contributed by atoms with E-state index in [4.69, 9.17) is 12.2 Å². The zero-order valence-corrected chi connectivity index (χ0v) is 19.1. The number of benzene rings is 1. The molecule has 8 heteroatoms. The van der Waals surface area contributed by atoms with E-state index in [0.717, 1.165) is 55.9 Å². The predicted molar refractivity (Wildman–Crippen MR) is 126 cm³/mol. The number of aromatic nitrogens is 1. The molecule has 31 heavy (non-hydrogen) atoms. The van der Waals surface area contributed by atoms with Gasteiger partial charge in [-0.05, 0) is 36.8 Å². The Bertz CT molecular complexity index is 979. The standard InChI is InChI=1S/C20H22N4OS.C3H7NO/c1-2-19(25)15-4-6-16(7-5-15)23-10-3-11-24(13-12-23)18-8-9-22-20(26)17(18)14-21;1-4(2)3-5/h4-9H,2-3,10-13H2,1H3,(H,22,26);3H,1-2H3. The number of aromatic amines is 1. The van der Waals surface area contributed by atoms with Gasteiger partial charge in [0.05, 0.1) is 5.69 Å². The van der Waals surface area contributed by atoms with Crippen LogP contribution in [0.5, 0.6) is 0 Å². The second-order valence-corrected chi connectivity index (χ2v) is 7.81. The molecule has 1 aliphatic heterocycles. The fourth-order valence-corrected chi connectivity index (χ4v) is 3.54. The second kappa shape index (κ2) is 11.9. The summed E-state index contributed by atoms with van der Waals surface area (Å²) in [5.74, 6) is 0.170. The highest BCUT2D eigenvalue weighted by Gasteiger charge is 2.18. The predicted octanol–water partition coefficient (Wildman–Crippen LogP) is 3.63. The maximum atomic E-state index is 11.8. The lowest BCUT2D eigenvalue weighted by atomic mass is 10.1. The van der Waals surface area contributed by atoms with Gasteiger partial charge in [-0.2, -0.15) is 5.26 Å². The van der Waals surface area contributed by atoms with Gasteiger partial charge >= 0.3 is 0 Å². The highest BCUT2D eigenvalue weighted by molar-refractivity contribution is 7.71. The molecule has 1 fully saturated rings. The van der Waals surface area contributed by atoms with Crippen molar-refractivity contribution < 1.29 is 9.59 Å². The zero-order valence-electron chi connectivity index (χ0n) is 18.3. The van der Waals surface area contributed by atoms with E-state index >= 15 is 0 Å². The maximum Gasteiger partial charge on any atom is 0.209 e. The molecule has 0 radical (unpaired) electrons. The molecule has 1 saturated heterocycles. The fraction of sp³-hybridized carbons (Fsp3) is 0.391. The number of anilines is 2. The number of pyridine rings is 1. The van der Waals surface area contributed by atoms with E-state index < -0.39 is 0 Å². The molecular formula is C23H29N5O2S. The lowest BCUT2D eigenvalue weighted by molar-refractivity contribution is -0.115. The molecule has 1 aromatic heterocycles. The van der Waals surface area contributed by atoms with Crippen LogP contribution in [-0.4, -0.2) is 62.4 Å². The number of Topliss-reactive ketones (excluding diaryl/α,β-unsaturated/α-hetero) is 1. The number of ketones is 1. The Kier molecular flexibility index (Phi) is 9.22. The molecular weight excluding hydrogens is 410 g/mol. The molecule has 7 nitrogen and oxygen atoms in total. The monoisotopic (exact) mass is 439 g/mol. The first-order valence-corrected chi connectivity index (χ1v) is 10.7. The first-order chi connectivity index (χ1) is 14.9. The van der Waals surface area contributed by atoms with Crippen LogP contribution in [-0.2, 0) is 4.79 Å². The molecule has 0 saturated carbocycles. The molecule has 1 amide bonds. The van der Waals surface area contributed by atoms with Gasteiger partial charge in [0, 0.05) is 64.1 Å². The Balaban J connectivity index is 0.000000614. The molecule has 1 aliphatic rings. The summed E-state index contributed by atoms with van der Waals surface area (Å²) in [6.45, 7) is 5.39. The Morgan fingerprint density at radius 1 is 1.16 bits per heavy atom. The normalized spacial score (nSPS) is 13.4. The van der Waals surface area contributed by atoms with Gasteiger partial charge in [-0.25, -0.2) is 0 Å². The summed E-state index contributed by atoms with van der Waals surface area (Å²) in [7, 11) is 3.38. The van der Waals surface area contributed by atoms with Crippen molar-refractivity contribution in [2.45, 2.75) is 19.8 Å². The van der Waals surface area contributed by atoms with Crippen LogP contribution < -0.4 is 9.80 Å². The maximum absolute atomic E-state index is 11.8. The zero-order chi connectivity index (χ0) is 22.8. The summed E-state index contributed by atoms with van der Waals surface area (Å²) in [6, 6.07) is 12.0. The molecule has 0 aliphatic carbocycles. The van der Waals surface area contributed by atoms with Gasteiger partial charge in [0.25, 0.3) is 0 Å². The van der Waals surface area contributed by atoms with E-state index in [2.05, 4.69) is 20.9 Å². The third kappa shape index (κ3) is 6.66. The summed E-state index contributed by atoms with van der Waals surface area (Å²) in [4.78, 5) is 30.2. The highest BCUT2D eigenvalue weighted by Crippen LogP contribution is 2.23. The molecule has 3 rings (SSSR count). The number of carbonyl (C=O) groups excluding carboxylic acids is 2. The van der Waals surface area contributed by atoms with Crippen molar-refractivity contribution >= 4 is 35.8 Å². The molecule has 0 unspecified atom stereocenters. The Morgan fingerprint density at radius 2 is 1.77 bits per heavy atom. The summed E-state index contributed by atoms with van der Waals surface area (Å²) in [5.41, 5.74) is 3.34. The number of nitrogens with zero attached hydrogens (tertiary/aromatic N) is 4. The van der Waals surface area contributed by atoms with Crippen LogP contribution in [0.3, 0.4) is 0 Å². The van der Waals surface area contributed by atoms with Gasteiger partial charge in [-0.3, -0.25) is 9.59 Å². The van der Waals surface area contributed by atoms with Gasteiger partial charge in [0.1, 0.15) is 16.3 Å². The van der Waals surface area contributed by atoms with E-state index in [0.29, 0.717) is 16.6 Å². The summed E-state index contributed by atoms with van der Waals surface area (Å²) >= 11 is 5.24. The molecule has 0 bridgehead atoms. The van der Waals surface area contributed by atoms with Crippen molar-refractivity contribution in [3.8, 4) is 6.07 Å². The molecule has 2 aromatic rings. The number of nitrogens with one attached hydrogen (secondary N) is 1. The van der Waals surface area contributed by atoms with E-state index in [1.165, 1.54) is 4.90 Å². The van der Waals surface area contributed by atoms with Crippen molar-refractivity contribution in [2.24, 2.45) is 0 Å². The Labute approximate surface area is 188 Å². The van der Waals surface area contributed by atoms with Crippen LogP contribution in [0.2, 0.25) is 0 Å². The average Bonchev–Trinajstić information content (AvgIpc) is 3.05. The smallest absolute Gasteiger partial charge is 0.209 e. The Morgan fingerprint density at radius 3 is 2.35 bits per heavy atom. The molecule has 0 spiro atoms. The van der Waals surface area contributed by atoms with Crippen molar-refractivity contribution in [1.82, 2.24) is 9.88 Å². The van der Waals surface area contributed by atoms with Gasteiger partial charge in [-0.1, -0.05) is 19.1 Å². The molecule has 1 N–H and O–H groups in total. The lowest BCUT2D eigenvalue weighted by Gasteiger charge is -2.25. The second-order valence-electron chi connectivity index (χ2n) is 7.40. The molecule has 0 atom stereocenters. The third-order valence-electron chi connectivity index (χ3n) is 4.97. The molecule has 164 valence electrons. The van der Waals surface area contributed by atoms with E-state index in [-0.39, 0.29) is 5.78 Å². The van der Waals surface area contributed by atoms with Crippen LogP contribution in [0.25, 0.3) is 0 Å². The fourth-order valence-electron chi connectivity index (χ4n) is 3.32. The summed E-state index contributed by atoms with van der Waals surface area (Å²) in [6.07, 6.45) is 4.06. The number of rotatable bonds is 5. The first kappa shape index (κ1) is 24.1. The topological polar surface area (TPSA) is 83.4 Å². The van der Waals surface area contributed by atoms with Gasteiger partial charge < -0.3 is 19.7 Å². The van der Waals surface area contributed by atoms with Crippen LogP contribution in [0, 0.1) is 16.0 Å². The number of amides is 1. The minimum absolute atomic E-state index is 0.170. The van der Waals surface area contributed by atoms with E-state index in [1.807, 2.05) is 37.3 Å². The largest absolute Gasteiger partial charge is 0.370 e. The van der Waals surface area contributed by atoms with Crippen molar-refractivity contribution in [1.29, 1.82) is 5.26 Å². The number of hydrogen-bond acceptors (Lipinski definition) is 6. The third-order valence-corrected chi connectivity index (χ3v) is 5.30. The Hall–Kier alpha value is -3.18. The summed E-state index contributed by atoms with van der Waals surface area (Å²) in [5, 5.41) is 9.42. The van der Waals surface area contributed by atoms with Crippen LogP contribution >= 0.6 is 12.2 Å². The SMILES string of the molecule is CCC(=O)c1ccc(N2CCCN(c3cc[nH]c(=S)c3C#N)CC2)cc1.CN(C)C=O. The minimum atomic E-state index is 0.170. The molecule has 1 aromatic carbocycles. The first-order valence-electron chi connectivity index (χ1n) is 10.3. The van der Waals surface area contributed by atoms with Gasteiger partial charge in [-0.15, -0.1) is 0 Å². The number of nitriles is 1. The quantitative estimate of drug-likeness (QED) is 0.435. The van der Waals surface area contributed by atoms with Crippen LogP contribution in [0.4, 0.5) is 11.4 Å². The van der Waals surface area contributed by atoms with Crippen LogP contribution in [0.15, 0.2) is 36.5 Å². The number of hydrogen-bond donors (Lipinski definition) is 1. The summed E-state index contributed by atoms with van der Waals surface area (Å²) < 4.78 is 0.488. The average molecular weight is 440 g/mol. The lowest BCUT2D eigenvalue weighted by Crippen LogP contribution is -2.31. The highest BCUT2D eigenvalue weighted by atomic mass is 32.1. The van der Waals surface area contributed by atoms with Crippen molar-refractivity contribution in [2.75, 3.05) is 50.1 Å². The van der Waals surface area contributed by atoms with Crippen LogP contribution in [0.1, 0.15) is 35.7 Å². The minimum Gasteiger partial charge on any atom is -0.370 e. The van der Waals surface area contributed by atoms with E-state index in [9.17, 15) is 14.9 Å². The number of carbonyl (C=O) groups is 2. The van der Waals surface area contributed by atoms with Crippen molar-refractivity contribution in [3.63, 3.8) is 0 Å².